The van der Waals surface area contributed by atoms with E-state index in [2.05, 4.69) is 30.4 Å². The zero-order chi connectivity index (χ0) is 31.6. The summed E-state index contributed by atoms with van der Waals surface area (Å²) in [7, 11) is 1.27. The Balaban J connectivity index is 1.82. The molecule has 6 rings (SSSR count). The highest BCUT2D eigenvalue weighted by molar-refractivity contribution is 6.23. The van der Waals surface area contributed by atoms with Gasteiger partial charge >= 0.3 is 11.9 Å². The molecule has 0 saturated heterocycles. The Labute approximate surface area is 255 Å². The van der Waals surface area contributed by atoms with Gasteiger partial charge in [-0.25, -0.2) is 4.98 Å². The number of nitrogens with one attached hydrogen (secondary N) is 2. The molecule has 1 unspecified atom stereocenters. The minimum atomic E-state index is -1.19. The fourth-order valence-electron chi connectivity index (χ4n) is 7.09. The number of hydrogen-bond donors (Lipinski definition) is 3. The molecule has 0 fully saturated rings. The van der Waals surface area contributed by atoms with Crippen LogP contribution in [0.25, 0.3) is 39.3 Å². The number of nitrogens with zero attached hydrogens (tertiary/aromatic N) is 2. The SMILES string of the molecule is C=Cc1c(C)c2cc3nc(c4c5[nH]c(cc6nc(cc1[nH]2)C(C)=C6CC)c(C)c5C(=O)C4C(=O)OC)[C@@H](CCC(=O)O)[C@@H]3C. The number of esters is 1. The lowest BCUT2D eigenvalue weighted by Gasteiger charge is -2.18. The zero-order valence-corrected chi connectivity index (χ0v) is 25.8. The molecule has 0 spiro atoms. The molecule has 0 saturated carbocycles. The molecule has 0 amide bonds. The maximum atomic E-state index is 14.0. The largest absolute Gasteiger partial charge is 0.481 e. The van der Waals surface area contributed by atoms with Gasteiger partial charge in [0.2, 0.25) is 0 Å². The number of Topliss-reactive ketones (excluding diaryl/α,β-unsaturated/α-hetero) is 1. The third-order valence-electron chi connectivity index (χ3n) is 9.57. The van der Waals surface area contributed by atoms with Crippen molar-refractivity contribution in [3.8, 4) is 0 Å². The number of aliphatic carboxylic acids is 1. The van der Waals surface area contributed by atoms with Crippen LogP contribution >= 0.6 is 0 Å². The van der Waals surface area contributed by atoms with Crippen LogP contribution in [0, 0.1) is 13.8 Å². The van der Waals surface area contributed by atoms with E-state index in [1.807, 2.05) is 45.0 Å². The second-order valence-corrected chi connectivity index (χ2v) is 11.9. The van der Waals surface area contributed by atoms with Gasteiger partial charge < -0.3 is 19.8 Å². The number of carbonyl (C=O) groups is 3. The number of carboxylic acid groups (broad SMARTS) is 1. The molecule has 5 heterocycles. The van der Waals surface area contributed by atoms with Crippen LogP contribution in [0.1, 0.15) is 113 Å². The fraction of sp³-hybridized carbons (Fsp3) is 0.343. The number of H-pyrrole nitrogens is 2. The summed E-state index contributed by atoms with van der Waals surface area (Å²) in [5.74, 6) is -3.64. The van der Waals surface area contributed by atoms with Crippen molar-refractivity contribution in [1.29, 1.82) is 0 Å². The standard InChI is InChI=1S/C35H36N4O5/c1-8-19-15(3)22-12-24-17(5)21(10-11-28(40)41)32(38-24)30-31(35(43)44-7)34(42)29-18(6)25(39-33(29)30)14-27-20(9-2)16(4)23(37-27)13-26(19)36-22/h8,12-14,17,21,31,36,39H,1,9-11H2,2-7H3,(H,40,41)/t17-,21-,31?/m0/s1. The van der Waals surface area contributed by atoms with E-state index >= 15 is 0 Å². The van der Waals surface area contributed by atoms with Crippen molar-refractivity contribution in [3.63, 3.8) is 0 Å². The van der Waals surface area contributed by atoms with Crippen LogP contribution in [0.15, 0.2) is 24.8 Å². The van der Waals surface area contributed by atoms with Crippen molar-refractivity contribution in [2.24, 2.45) is 0 Å². The lowest BCUT2D eigenvalue weighted by molar-refractivity contribution is -0.141. The maximum Gasteiger partial charge on any atom is 0.321 e. The highest BCUT2D eigenvalue weighted by Crippen LogP contribution is 2.48. The molecule has 3 aliphatic rings. The Morgan fingerprint density at radius 1 is 1.05 bits per heavy atom. The molecule has 44 heavy (non-hydrogen) atoms. The number of allylic oxidation sites excluding steroid dienone is 2. The fourth-order valence-corrected chi connectivity index (χ4v) is 7.09. The van der Waals surface area contributed by atoms with E-state index in [1.54, 1.807) is 0 Å². The van der Waals surface area contributed by atoms with E-state index in [-0.39, 0.29) is 24.0 Å². The number of hydrogen-bond acceptors (Lipinski definition) is 6. The van der Waals surface area contributed by atoms with Crippen LogP contribution < -0.4 is 0 Å². The van der Waals surface area contributed by atoms with Gasteiger partial charge in [-0.3, -0.25) is 19.4 Å². The van der Waals surface area contributed by atoms with Crippen molar-refractivity contribution in [2.75, 3.05) is 7.11 Å². The first-order valence-electron chi connectivity index (χ1n) is 14.9. The summed E-state index contributed by atoms with van der Waals surface area (Å²) in [6.07, 6.45) is 2.82. The van der Waals surface area contributed by atoms with E-state index in [9.17, 15) is 19.5 Å². The number of carbonyl (C=O) groups excluding carboxylic acids is 2. The highest BCUT2D eigenvalue weighted by Gasteiger charge is 2.45. The Kier molecular flexibility index (Phi) is 7.14. The van der Waals surface area contributed by atoms with Gasteiger partial charge in [0.15, 0.2) is 5.78 Å². The predicted octanol–water partition coefficient (Wildman–Crippen LogP) is 7.12. The Hall–Kier alpha value is -4.79. The minimum Gasteiger partial charge on any atom is -0.481 e. The summed E-state index contributed by atoms with van der Waals surface area (Å²) in [6.45, 7) is 14.1. The van der Waals surface area contributed by atoms with Gasteiger partial charge in [0.05, 0.1) is 29.7 Å². The molecular weight excluding hydrogens is 556 g/mol. The predicted molar refractivity (Wildman–Crippen MR) is 170 cm³/mol. The van der Waals surface area contributed by atoms with Gasteiger partial charge in [0.1, 0.15) is 5.92 Å². The van der Waals surface area contributed by atoms with Gasteiger partial charge in [-0.2, -0.15) is 0 Å². The average molecular weight is 593 g/mol. The smallest absolute Gasteiger partial charge is 0.321 e. The quantitative estimate of drug-likeness (QED) is 0.205. The lowest BCUT2D eigenvalue weighted by Crippen LogP contribution is -2.21. The van der Waals surface area contributed by atoms with Gasteiger partial charge in [-0.05, 0) is 74.1 Å². The molecule has 8 bridgehead atoms. The van der Waals surface area contributed by atoms with Crippen LogP contribution in [-0.2, 0) is 14.3 Å². The monoisotopic (exact) mass is 592 g/mol. The molecule has 2 aliphatic heterocycles. The van der Waals surface area contributed by atoms with Gasteiger partial charge in [-0.15, -0.1) is 0 Å². The lowest BCUT2D eigenvalue weighted by atomic mass is 9.84. The van der Waals surface area contributed by atoms with E-state index in [0.29, 0.717) is 34.3 Å². The minimum absolute atomic E-state index is 0.0772. The van der Waals surface area contributed by atoms with Crippen LogP contribution in [0.5, 0.6) is 0 Å². The molecule has 9 heteroatoms. The molecule has 3 N–H and O–H groups in total. The van der Waals surface area contributed by atoms with E-state index in [1.165, 1.54) is 7.11 Å². The summed E-state index contributed by atoms with van der Waals surface area (Å²) < 4.78 is 5.13. The number of ether oxygens (including phenoxy) is 1. The summed E-state index contributed by atoms with van der Waals surface area (Å²) in [4.78, 5) is 56.0. The summed E-state index contributed by atoms with van der Waals surface area (Å²) in [5.41, 5.74) is 11.7. The Bertz CT molecular complexity index is 1990. The molecule has 3 aromatic rings. The molecule has 9 nitrogen and oxygen atoms in total. The van der Waals surface area contributed by atoms with Crippen molar-refractivity contribution < 1.29 is 24.2 Å². The maximum absolute atomic E-state index is 14.0. The first kappa shape index (κ1) is 29.3. The second-order valence-electron chi connectivity index (χ2n) is 11.9. The number of rotatable bonds is 6. The topological polar surface area (TPSA) is 138 Å². The average Bonchev–Trinajstić information content (AvgIpc) is 3.72. The van der Waals surface area contributed by atoms with Crippen LogP contribution in [0.2, 0.25) is 0 Å². The van der Waals surface area contributed by atoms with Crippen molar-refractivity contribution in [3.05, 3.63) is 75.4 Å². The van der Waals surface area contributed by atoms with Gasteiger partial charge in [0, 0.05) is 57.2 Å². The van der Waals surface area contributed by atoms with Crippen LogP contribution in [0.4, 0.5) is 0 Å². The third kappa shape index (κ3) is 4.32. The molecule has 0 aromatic carbocycles. The zero-order valence-electron chi connectivity index (χ0n) is 25.8. The van der Waals surface area contributed by atoms with Crippen molar-refractivity contribution in [2.45, 2.75) is 71.6 Å². The number of carboxylic acids is 1. The summed E-state index contributed by atoms with van der Waals surface area (Å²) >= 11 is 0. The van der Waals surface area contributed by atoms with Crippen LogP contribution in [0.3, 0.4) is 0 Å². The van der Waals surface area contributed by atoms with Crippen LogP contribution in [-0.4, -0.2) is 49.9 Å². The number of ketones is 1. The molecule has 1 aliphatic carbocycles. The van der Waals surface area contributed by atoms with E-state index in [0.717, 1.165) is 62.3 Å². The molecule has 3 atom stereocenters. The number of aryl methyl sites for hydroxylation is 2. The normalized spacial score (nSPS) is 19.0. The third-order valence-corrected chi connectivity index (χ3v) is 9.57. The number of aromatic nitrogens is 4. The Morgan fingerprint density at radius 2 is 1.75 bits per heavy atom. The highest BCUT2D eigenvalue weighted by atomic mass is 16.5. The molecule has 226 valence electrons. The van der Waals surface area contributed by atoms with E-state index < -0.39 is 17.9 Å². The Morgan fingerprint density at radius 3 is 2.41 bits per heavy atom. The van der Waals surface area contributed by atoms with E-state index in [4.69, 9.17) is 14.7 Å². The molecular formula is C35H36N4O5. The first-order valence-corrected chi connectivity index (χ1v) is 14.9. The first-order chi connectivity index (χ1) is 21.0. The van der Waals surface area contributed by atoms with Crippen molar-refractivity contribution in [1.82, 2.24) is 19.9 Å². The van der Waals surface area contributed by atoms with Crippen molar-refractivity contribution >= 4 is 57.0 Å². The summed E-state index contributed by atoms with van der Waals surface area (Å²) in [5, 5.41) is 9.60. The van der Waals surface area contributed by atoms with Gasteiger partial charge in [-0.1, -0.05) is 26.5 Å². The summed E-state index contributed by atoms with van der Waals surface area (Å²) in [6, 6.07) is 5.99. The molecule has 3 aromatic heterocycles. The number of fused-ring (bicyclic) bond motifs is 8. The number of aromatic amines is 2. The number of methoxy groups -OCH3 is 1. The van der Waals surface area contributed by atoms with Gasteiger partial charge in [0.25, 0.3) is 0 Å². The second kappa shape index (κ2) is 10.7. The molecule has 0 radical (unpaired) electrons.